The molecule has 0 unspecified atom stereocenters. The quantitative estimate of drug-likeness (QED) is 0.151. The number of Topliss-reactive ketones (excluding diaryl/α,β-unsaturated/α-hetero) is 1. The molecule has 1 saturated carbocycles. The maximum absolute atomic E-state index is 12.6. The van der Waals surface area contributed by atoms with Crippen LogP contribution in [0.1, 0.15) is 31.2 Å². The Labute approximate surface area is 273 Å². The number of rotatable bonds is 8. The highest BCUT2D eigenvalue weighted by Crippen LogP contribution is 2.43. The average Bonchev–Trinajstić information content (AvgIpc) is 3.87. The highest BCUT2D eigenvalue weighted by Gasteiger charge is 2.44. The van der Waals surface area contributed by atoms with Crippen molar-refractivity contribution in [3.05, 3.63) is 113 Å². The van der Waals surface area contributed by atoms with Crippen LogP contribution in [0.2, 0.25) is 0 Å². The number of thiol groups is 1. The smallest absolute Gasteiger partial charge is 0.210 e. The van der Waals surface area contributed by atoms with Crippen LogP contribution in [0.25, 0.3) is 39.5 Å². The zero-order valence-electron chi connectivity index (χ0n) is 25.5. The van der Waals surface area contributed by atoms with Crippen molar-refractivity contribution in [2.24, 2.45) is 0 Å². The number of nitrogens with two attached hydrogens (primary N) is 1. The predicted octanol–water partition coefficient (Wildman–Crippen LogP) is 6.44. The summed E-state index contributed by atoms with van der Waals surface area (Å²) < 4.78 is 2.08. The Hall–Kier alpha value is -4.73. The van der Waals surface area contributed by atoms with Gasteiger partial charge in [-0.05, 0) is 67.6 Å². The number of hydrogen-bond donors (Lipinski definition) is 2. The number of carbonyl (C=O) groups is 1. The zero-order chi connectivity index (χ0) is 31.4. The lowest BCUT2D eigenvalue weighted by molar-refractivity contribution is -0.115. The summed E-state index contributed by atoms with van der Waals surface area (Å²) in [5.41, 5.74) is 14.2. The van der Waals surface area contributed by atoms with E-state index >= 15 is 0 Å². The molecule has 8 nitrogen and oxygen atoms in total. The minimum Gasteiger partial charge on any atom is -0.383 e. The largest absolute Gasteiger partial charge is 0.383 e. The highest BCUT2D eigenvalue weighted by atomic mass is 32.1. The van der Waals surface area contributed by atoms with Crippen LogP contribution in [0, 0.1) is 0 Å². The number of imidazole rings is 1. The first-order chi connectivity index (χ1) is 22.5. The summed E-state index contributed by atoms with van der Waals surface area (Å²) in [7, 11) is 0. The Morgan fingerprint density at radius 3 is 2.33 bits per heavy atom. The molecule has 9 heteroatoms. The highest BCUT2D eigenvalue weighted by molar-refractivity contribution is 7.85. The first-order valence-corrected chi connectivity index (χ1v) is 16.3. The number of hydrogen-bond acceptors (Lipinski definition) is 8. The third kappa shape index (κ3) is 5.09. The molecule has 1 aliphatic heterocycles. The second-order valence-electron chi connectivity index (χ2n) is 12.4. The van der Waals surface area contributed by atoms with Crippen LogP contribution in [0.15, 0.2) is 108 Å². The van der Waals surface area contributed by atoms with Crippen molar-refractivity contribution in [2.75, 3.05) is 18.8 Å². The molecule has 0 amide bonds. The second kappa shape index (κ2) is 11.6. The van der Waals surface area contributed by atoms with Gasteiger partial charge in [0.1, 0.15) is 17.0 Å². The van der Waals surface area contributed by atoms with Gasteiger partial charge < -0.3 is 10.6 Å². The van der Waals surface area contributed by atoms with Gasteiger partial charge in [0.15, 0.2) is 11.5 Å². The molecule has 2 N–H and O–H groups in total. The molecule has 0 spiro atoms. The van der Waals surface area contributed by atoms with Crippen molar-refractivity contribution in [1.29, 1.82) is 0 Å². The van der Waals surface area contributed by atoms with Gasteiger partial charge in [0.05, 0.1) is 11.3 Å². The van der Waals surface area contributed by atoms with Gasteiger partial charge in [-0.15, -0.1) is 12.6 Å². The number of aromatic nitrogens is 4. The lowest BCUT2D eigenvalue weighted by atomic mass is 9.92. The van der Waals surface area contributed by atoms with Gasteiger partial charge in [-0.25, -0.2) is 15.0 Å². The molecule has 1 saturated heterocycles. The zero-order valence-corrected chi connectivity index (χ0v) is 26.4. The summed E-state index contributed by atoms with van der Waals surface area (Å²) in [6.07, 6.45) is 6.07. The summed E-state index contributed by atoms with van der Waals surface area (Å²) in [6, 6.07) is 27.5. The number of carbonyl (C=O) groups excluding carboxylic acids is 1. The third-order valence-electron chi connectivity index (χ3n) is 9.40. The van der Waals surface area contributed by atoms with Crippen LogP contribution in [-0.2, 0) is 11.3 Å². The maximum Gasteiger partial charge on any atom is 0.210 e. The summed E-state index contributed by atoms with van der Waals surface area (Å²) in [5, 5.41) is 0. The Morgan fingerprint density at radius 2 is 1.63 bits per heavy atom. The number of benzene rings is 2. The Bertz CT molecular complexity index is 2010. The van der Waals surface area contributed by atoms with E-state index in [1.807, 2.05) is 42.5 Å². The average molecular weight is 626 g/mol. The number of piperidine rings is 1. The summed E-state index contributed by atoms with van der Waals surface area (Å²) >= 11 is 4.59. The molecule has 4 heterocycles. The van der Waals surface area contributed by atoms with Gasteiger partial charge in [0.25, 0.3) is 0 Å². The maximum atomic E-state index is 12.6. The van der Waals surface area contributed by atoms with Crippen molar-refractivity contribution >= 4 is 35.4 Å². The SMILES string of the molecule is C=C1C(=O)C(N(C2CC2)C2CCN(Cc3ccc(-n4c(-c5cccnc5N)nc5ccc(-c6ccccc6)nc54)cc3)CC2)=C1S. The number of likely N-dealkylation sites (tertiary alicyclic amines) is 1. The molecule has 5 aromatic rings. The molecule has 8 rings (SSSR count). The fourth-order valence-electron chi connectivity index (χ4n) is 6.82. The van der Waals surface area contributed by atoms with Crippen molar-refractivity contribution < 1.29 is 4.79 Å². The van der Waals surface area contributed by atoms with Crippen LogP contribution < -0.4 is 5.73 Å². The normalized spacial score (nSPS) is 17.5. The van der Waals surface area contributed by atoms with E-state index in [-0.39, 0.29) is 5.78 Å². The minimum absolute atomic E-state index is 0.0750. The van der Waals surface area contributed by atoms with Crippen molar-refractivity contribution in [1.82, 2.24) is 29.3 Å². The second-order valence-corrected chi connectivity index (χ2v) is 12.9. The van der Waals surface area contributed by atoms with E-state index in [0.29, 0.717) is 29.3 Å². The minimum atomic E-state index is 0.0750. The van der Waals surface area contributed by atoms with Crippen molar-refractivity contribution in [2.45, 2.75) is 44.3 Å². The molecule has 0 atom stereocenters. The standard InChI is InChI=1S/C37H35N7OS/c1-23-33(45)32(34(23)46)43(26-13-14-26)28-17-20-42(21-18-28)22-24-9-11-27(12-10-24)44-36(29-8-5-19-39-35(29)38)41-31-16-15-30(40-37(31)44)25-6-3-2-4-7-25/h2-12,15-16,19,26,28,46H,1,13-14,17-18,20-22H2,(H2,38,39). The molecule has 2 fully saturated rings. The summed E-state index contributed by atoms with van der Waals surface area (Å²) in [4.78, 5) is 32.7. The number of anilines is 1. The summed E-state index contributed by atoms with van der Waals surface area (Å²) in [5.74, 6) is 1.21. The first-order valence-electron chi connectivity index (χ1n) is 15.9. The van der Waals surface area contributed by atoms with Gasteiger partial charge >= 0.3 is 0 Å². The number of nitrogen functional groups attached to an aromatic ring is 1. The molecule has 0 radical (unpaired) electrons. The van der Waals surface area contributed by atoms with Crippen LogP contribution in [0.4, 0.5) is 5.82 Å². The van der Waals surface area contributed by atoms with Gasteiger partial charge in [-0.3, -0.25) is 14.3 Å². The Balaban J connectivity index is 1.05. The molecule has 230 valence electrons. The third-order valence-corrected chi connectivity index (χ3v) is 9.88. The van der Waals surface area contributed by atoms with E-state index in [9.17, 15) is 4.79 Å². The van der Waals surface area contributed by atoms with Crippen LogP contribution in [-0.4, -0.2) is 60.3 Å². The van der Waals surface area contributed by atoms with E-state index in [0.717, 1.165) is 89.6 Å². The molecule has 0 bridgehead atoms. The van der Waals surface area contributed by atoms with Crippen molar-refractivity contribution in [3.63, 3.8) is 0 Å². The molecule has 2 aromatic carbocycles. The van der Waals surface area contributed by atoms with Gasteiger partial charge in [-0.1, -0.05) is 49.0 Å². The molecule has 3 aromatic heterocycles. The van der Waals surface area contributed by atoms with E-state index in [1.165, 1.54) is 5.56 Å². The van der Waals surface area contributed by atoms with Gasteiger partial charge in [0.2, 0.25) is 5.78 Å². The predicted molar refractivity (Wildman–Crippen MR) is 185 cm³/mol. The van der Waals surface area contributed by atoms with Crippen LogP contribution in [0.3, 0.4) is 0 Å². The molecule has 46 heavy (non-hydrogen) atoms. The molecular formula is C37H35N7OS. The van der Waals surface area contributed by atoms with Gasteiger partial charge in [-0.2, -0.15) is 0 Å². The van der Waals surface area contributed by atoms with E-state index < -0.39 is 0 Å². The molecular weight excluding hydrogens is 591 g/mol. The number of nitrogens with zero attached hydrogens (tertiary/aromatic N) is 6. The number of fused-ring (bicyclic) bond motifs is 1. The topological polar surface area (TPSA) is 93.2 Å². The van der Waals surface area contributed by atoms with E-state index in [2.05, 4.69) is 75.0 Å². The Kier molecular flexibility index (Phi) is 7.22. The first kappa shape index (κ1) is 28.7. The Morgan fingerprint density at radius 1 is 0.891 bits per heavy atom. The molecule has 2 aliphatic carbocycles. The summed E-state index contributed by atoms with van der Waals surface area (Å²) in [6.45, 7) is 6.73. The number of allylic oxidation sites excluding steroid dienone is 2. The van der Waals surface area contributed by atoms with E-state index in [1.54, 1.807) is 6.20 Å². The number of ketones is 1. The van der Waals surface area contributed by atoms with Crippen LogP contribution >= 0.6 is 12.6 Å². The van der Waals surface area contributed by atoms with Crippen LogP contribution in [0.5, 0.6) is 0 Å². The molecule has 3 aliphatic rings. The fourth-order valence-corrected chi connectivity index (χ4v) is 7.14. The van der Waals surface area contributed by atoms with Gasteiger partial charge in [0, 0.05) is 59.6 Å². The monoisotopic (exact) mass is 625 g/mol. The van der Waals surface area contributed by atoms with E-state index in [4.69, 9.17) is 15.7 Å². The lowest BCUT2D eigenvalue weighted by Crippen LogP contribution is -2.48. The fraction of sp³-hybridized carbons (Fsp3) is 0.243. The lowest BCUT2D eigenvalue weighted by Gasteiger charge is -2.43. The van der Waals surface area contributed by atoms with Crippen molar-refractivity contribution in [3.8, 4) is 28.3 Å². The number of pyridine rings is 2.